The summed E-state index contributed by atoms with van der Waals surface area (Å²) in [5.41, 5.74) is 5.74. The van der Waals surface area contributed by atoms with Gasteiger partial charge >= 0.3 is 5.97 Å². The van der Waals surface area contributed by atoms with Crippen LogP contribution >= 0.6 is 0 Å². The standard InChI is InChI=1S/C14H16N4O3/c1-14(16,7-15)8-18-12(20-2)10-5-4-9(13(19)21-3)6-11(10)17-18/h4-6H,8,16H2,1-3H3. The number of carbonyl (C=O) groups is 1. The maximum absolute atomic E-state index is 11.5. The summed E-state index contributed by atoms with van der Waals surface area (Å²) in [5, 5.41) is 14.1. The first kappa shape index (κ1) is 14.8. The Hall–Kier alpha value is -2.59. The zero-order valence-electron chi connectivity index (χ0n) is 12.1. The topological polar surface area (TPSA) is 103 Å². The molecule has 0 radical (unpaired) electrons. The van der Waals surface area contributed by atoms with Gasteiger partial charge in [-0.1, -0.05) is 0 Å². The van der Waals surface area contributed by atoms with Crippen molar-refractivity contribution in [1.82, 2.24) is 9.78 Å². The van der Waals surface area contributed by atoms with Crippen molar-refractivity contribution in [2.24, 2.45) is 5.73 Å². The predicted octanol–water partition coefficient (Wildman–Crippen LogP) is 1.07. The van der Waals surface area contributed by atoms with Crippen LogP contribution in [-0.4, -0.2) is 35.5 Å². The Bertz CT molecular complexity index is 728. The molecular weight excluding hydrogens is 272 g/mol. The molecule has 0 aliphatic rings. The molecule has 1 aromatic carbocycles. The van der Waals surface area contributed by atoms with E-state index in [4.69, 9.17) is 15.7 Å². The van der Waals surface area contributed by atoms with Gasteiger partial charge in [0.2, 0.25) is 5.88 Å². The Labute approximate surface area is 121 Å². The van der Waals surface area contributed by atoms with Gasteiger partial charge in [-0.25, -0.2) is 9.48 Å². The first-order chi connectivity index (χ1) is 9.91. The minimum Gasteiger partial charge on any atom is -0.481 e. The zero-order chi connectivity index (χ0) is 15.6. The van der Waals surface area contributed by atoms with E-state index in [1.165, 1.54) is 18.9 Å². The van der Waals surface area contributed by atoms with E-state index in [2.05, 4.69) is 9.84 Å². The molecule has 0 saturated carbocycles. The van der Waals surface area contributed by atoms with Gasteiger partial charge in [-0.2, -0.15) is 10.4 Å². The molecule has 1 aromatic heterocycles. The molecule has 2 rings (SSSR count). The summed E-state index contributed by atoms with van der Waals surface area (Å²) in [6.45, 7) is 1.79. The van der Waals surface area contributed by atoms with E-state index in [0.717, 1.165) is 5.39 Å². The number of nitrogens with zero attached hydrogens (tertiary/aromatic N) is 3. The molecule has 0 bridgehead atoms. The van der Waals surface area contributed by atoms with Crippen molar-refractivity contribution in [1.29, 1.82) is 5.26 Å². The fourth-order valence-corrected chi connectivity index (χ4v) is 2.02. The van der Waals surface area contributed by atoms with Gasteiger partial charge in [-0.3, -0.25) is 0 Å². The third-order valence-corrected chi connectivity index (χ3v) is 3.04. The highest BCUT2D eigenvalue weighted by Crippen LogP contribution is 2.27. The molecule has 7 heteroatoms. The van der Waals surface area contributed by atoms with Crippen molar-refractivity contribution < 1.29 is 14.3 Å². The van der Waals surface area contributed by atoms with Gasteiger partial charge < -0.3 is 15.2 Å². The van der Waals surface area contributed by atoms with Crippen molar-refractivity contribution in [3.05, 3.63) is 23.8 Å². The van der Waals surface area contributed by atoms with Crippen LogP contribution in [0.25, 0.3) is 10.9 Å². The normalized spacial score (nSPS) is 13.5. The molecule has 2 aromatic rings. The Morgan fingerprint density at radius 1 is 1.52 bits per heavy atom. The van der Waals surface area contributed by atoms with Gasteiger partial charge in [-0.05, 0) is 25.1 Å². The SMILES string of the molecule is COC(=O)c1ccc2c(OC)n(CC(C)(N)C#N)nc2c1. The van der Waals surface area contributed by atoms with Crippen LogP contribution in [0.2, 0.25) is 0 Å². The Morgan fingerprint density at radius 2 is 2.24 bits per heavy atom. The van der Waals surface area contributed by atoms with Gasteiger partial charge in [0.1, 0.15) is 5.54 Å². The molecule has 1 unspecified atom stereocenters. The lowest BCUT2D eigenvalue weighted by Crippen LogP contribution is -2.39. The average molecular weight is 288 g/mol. The molecule has 1 heterocycles. The highest BCUT2D eigenvalue weighted by Gasteiger charge is 2.23. The number of esters is 1. The molecule has 1 atom stereocenters. The number of aromatic nitrogens is 2. The van der Waals surface area contributed by atoms with Crippen LogP contribution in [0.5, 0.6) is 5.88 Å². The fourth-order valence-electron chi connectivity index (χ4n) is 2.02. The van der Waals surface area contributed by atoms with Crippen molar-refractivity contribution in [2.45, 2.75) is 19.0 Å². The largest absolute Gasteiger partial charge is 0.481 e. The van der Waals surface area contributed by atoms with Crippen LogP contribution in [0.15, 0.2) is 18.2 Å². The summed E-state index contributed by atoms with van der Waals surface area (Å²) >= 11 is 0. The smallest absolute Gasteiger partial charge is 0.337 e. The lowest BCUT2D eigenvalue weighted by atomic mass is 10.1. The second-order valence-corrected chi connectivity index (χ2v) is 4.92. The molecule has 0 saturated heterocycles. The first-order valence-corrected chi connectivity index (χ1v) is 6.25. The molecule has 2 N–H and O–H groups in total. The number of fused-ring (bicyclic) bond motifs is 1. The molecule has 7 nitrogen and oxygen atoms in total. The van der Waals surface area contributed by atoms with E-state index in [1.807, 2.05) is 6.07 Å². The molecule has 110 valence electrons. The summed E-state index contributed by atoms with van der Waals surface area (Å²) in [5.74, 6) is 0.0550. The third kappa shape index (κ3) is 2.80. The first-order valence-electron chi connectivity index (χ1n) is 6.25. The van der Waals surface area contributed by atoms with Crippen molar-refractivity contribution >= 4 is 16.9 Å². The van der Waals surface area contributed by atoms with Crippen molar-refractivity contribution in [2.75, 3.05) is 14.2 Å². The number of methoxy groups -OCH3 is 2. The highest BCUT2D eigenvalue weighted by atomic mass is 16.5. The van der Waals surface area contributed by atoms with Crippen molar-refractivity contribution in [3.63, 3.8) is 0 Å². The Kier molecular flexibility index (Phi) is 3.82. The number of nitrogens with two attached hydrogens (primary N) is 1. The van der Waals surface area contributed by atoms with E-state index < -0.39 is 11.5 Å². The second kappa shape index (κ2) is 5.42. The van der Waals surface area contributed by atoms with Gasteiger partial charge in [0.05, 0.1) is 43.3 Å². The van der Waals surface area contributed by atoms with E-state index in [-0.39, 0.29) is 6.54 Å². The minimum atomic E-state index is -1.07. The quantitative estimate of drug-likeness (QED) is 0.844. The minimum absolute atomic E-state index is 0.176. The van der Waals surface area contributed by atoms with Gasteiger partial charge in [0, 0.05) is 0 Å². The third-order valence-electron chi connectivity index (χ3n) is 3.04. The van der Waals surface area contributed by atoms with Crippen molar-refractivity contribution in [3.8, 4) is 11.9 Å². The number of rotatable bonds is 4. The molecule has 0 fully saturated rings. The van der Waals surface area contributed by atoms with Crippen LogP contribution in [0.1, 0.15) is 17.3 Å². The summed E-state index contributed by atoms with van der Waals surface area (Å²) in [6.07, 6.45) is 0. The summed E-state index contributed by atoms with van der Waals surface area (Å²) in [6, 6.07) is 6.98. The second-order valence-electron chi connectivity index (χ2n) is 4.92. The lowest BCUT2D eigenvalue weighted by molar-refractivity contribution is 0.0601. The maximum Gasteiger partial charge on any atom is 0.337 e. The van der Waals surface area contributed by atoms with Crippen LogP contribution in [0.3, 0.4) is 0 Å². The summed E-state index contributed by atoms with van der Waals surface area (Å²) in [7, 11) is 2.83. The van der Waals surface area contributed by atoms with Crippen LogP contribution in [0, 0.1) is 11.3 Å². The monoisotopic (exact) mass is 288 g/mol. The Morgan fingerprint density at radius 3 is 2.81 bits per heavy atom. The molecule has 0 aliphatic heterocycles. The molecule has 0 aliphatic carbocycles. The molecule has 0 amide bonds. The van der Waals surface area contributed by atoms with Crippen LogP contribution < -0.4 is 10.5 Å². The summed E-state index contributed by atoms with van der Waals surface area (Å²) in [4.78, 5) is 11.5. The zero-order valence-corrected chi connectivity index (χ0v) is 12.1. The van der Waals surface area contributed by atoms with E-state index in [1.54, 1.807) is 25.1 Å². The van der Waals surface area contributed by atoms with Crippen LogP contribution in [-0.2, 0) is 11.3 Å². The van der Waals surface area contributed by atoms with Gasteiger partial charge in [0.15, 0.2) is 0 Å². The molecule has 21 heavy (non-hydrogen) atoms. The Balaban J connectivity index is 2.53. The number of carbonyl (C=O) groups excluding carboxylic acids is 1. The molecule has 0 spiro atoms. The number of nitriles is 1. The highest BCUT2D eigenvalue weighted by molar-refractivity contribution is 5.95. The van der Waals surface area contributed by atoms with E-state index in [0.29, 0.717) is 17.0 Å². The van der Waals surface area contributed by atoms with E-state index in [9.17, 15) is 4.79 Å². The molecular formula is C14H16N4O3. The average Bonchev–Trinajstić information content (AvgIpc) is 2.81. The van der Waals surface area contributed by atoms with Gasteiger partial charge in [-0.15, -0.1) is 0 Å². The lowest BCUT2D eigenvalue weighted by Gasteiger charge is -2.16. The van der Waals surface area contributed by atoms with Crippen LogP contribution in [0.4, 0.5) is 0 Å². The number of ether oxygens (including phenoxy) is 2. The van der Waals surface area contributed by atoms with Gasteiger partial charge in [0.25, 0.3) is 0 Å². The number of hydrogen-bond donors (Lipinski definition) is 1. The van der Waals surface area contributed by atoms with E-state index >= 15 is 0 Å². The maximum atomic E-state index is 11.5. The predicted molar refractivity (Wildman–Crippen MR) is 75.8 cm³/mol. The number of benzene rings is 1. The fraction of sp³-hybridized carbons (Fsp3) is 0.357. The number of hydrogen-bond acceptors (Lipinski definition) is 6. The summed E-state index contributed by atoms with van der Waals surface area (Å²) < 4.78 is 11.5.